The Morgan fingerprint density at radius 1 is 1.19 bits per heavy atom. The molecule has 16 heavy (non-hydrogen) atoms. The van der Waals surface area contributed by atoms with E-state index in [1.165, 1.54) is 17.7 Å². The summed E-state index contributed by atoms with van der Waals surface area (Å²) in [5.74, 6) is 0.313. The third-order valence-electron chi connectivity index (χ3n) is 2.89. The summed E-state index contributed by atoms with van der Waals surface area (Å²) in [4.78, 5) is 0. The molecule has 1 aromatic carbocycles. The van der Waals surface area contributed by atoms with Crippen LogP contribution in [0.4, 0.5) is 4.39 Å². The standard InChI is InChI=1S/C14H22FN/c1-4-9-16-12(3)10-11(2)13-5-7-14(15)8-6-13/h5-8,11-12,16H,4,9-10H2,1-3H3. The van der Waals surface area contributed by atoms with E-state index in [4.69, 9.17) is 0 Å². The van der Waals surface area contributed by atoms with Gasteiger partial charge in [0.25, 0.3) is 0 Å². The maximum atomic E-state index is 12.8. The molecule has 1 aromatic rings. The van der Waals surface area contributed by atoms with Gasteiger partial charge in [0.15, 0.2) is 0 Å². The third-order valence-corrected chi connectivity index (χ3v) is 2.89. The van der Waals surface area contributed by atoms with Crippen molar-refractivity contribution in [1.82, 2.24) is 5.32 Å². The second-order valence-electron chi connectivity index (χ2n) is 4.54. The Morgan fingerprint density at radius 3 is 2.38 bits per heavy atom. The highest BCUT2D eigenvalue weighted by Crippen LogP contribution is 2.20. The minimum absolute atomic E-state index is 0.159. The molecule has 0 radical (unpaired) electrons. The van der Waals surface area contributed by atoms with Crippen LogP contribution in [0, 0.1) is 5.82 Å². The van der Waals surface area contributed by atoms with Crippen LogP contribution in [0.1, 0.15) is 45.1 Å². The zero-order chi connectivity index (χ0) is 12.0. The van der Waals surface area contributed by atoms with Crippen molar-refractivity contribution < 1.29 is 4.39 Å². The van der Waals surface area contributed by atoms with Crippen LogP contribution in [0.3, 0.4) is 0 Å². The Labute approximate surface area is 98.1 Å². The highest BCUT2D eigenvalue weighted by Gasteiger charge is 2.09. The highest BCUT2D eigenvalue weighted by molar-refractivity contribution is 5.19. The quantitative estimate of drug-likeness (QED) is 0.775. The van der Waals surface area contributed by atoms with Gasteiger partial charge in [-0.15, -0.1) is 0 Å². The first-order valence-corrected chi connectivity index (χ1v) is 6.12. The van der Waals surface area contributed by atoms with Gasteiger partial charge in [0.1, 0.15) is 5.82 Å². The molecule has 90 valence electrons. The molecule has 0 spiro atoms. The van der Waals surface area contributed by atoms with Crippen molar-refractivity contribution in [1.29, 1.82) is 0 Å². The summed E-state index contributed by atoms with van der Waals surface area (Å²) in [6, 6.07) is 7.35. The SMILES string of the molecule is CCCNC(C)CC(C)c1ccc(F)cc1. The molecule has 2 atom stereocenters. The molecule has 2 heteroatoms. The number of benzene rings is 1. The summed E-state index contributed by atoms with van der Waals surface area (Å²) in [6.07, 6.45) is 2.25. The van der Waals surface area contributed by atoms with Gasteiger partial charge in [-0.3, -0.25) is 0 Å². The lowest BCUT2D eigenvalue weighted by atomic mass is 9.94. The predicted octanol–water partition coefficient (Wildman–Crippen LogP) is 3.71. The Kier molecular flexibility index (Phi) is 5.47. The zero-order valence-electron chi connectivity index (χ0n) is 10.5. The molecule has 0 aliphatic rings. The zero-order valence-corrected chi connectivity index (χ0v) is 10.5. The van der Waals surface area contributed by atoms with Gasteiger partial charge in [-0.05, 0) is 49.9 Å². The van der Waals surface area contributed by atoms with Gasteiger partial charge in [0, 0.05) is 6.04 Å². The van der Waals surface area contributed by atoms with Crippen LogP contribution in [0.5, 0.6) is 0 Å². The topological polar surface area (TPSA) is 12.0 Å². The molecule has 1 nitrogen and oxygen atoms in total. The van der Waals surface area contributed by atoms with Crippen molar-refractivity contribution in [3.8, 4) is 0 Å². The van der Waals surface area contributed by atoms with Crippen LogP contribution in [0.15, 0.2) is 24.3 Å². The van der Waals surface area contributed by atoms with Crippen LogP contribution in [0.2, 0.25) is 0 Å². The third kappa shape index (κ3) is 4.31. The predicted molar refractivity (Wildman–Crippen MR) is 67.2 cm³/mol. The van der Waals surface area contributed by atoms with Gasteiger partial charge in [0.2, 0.25) is 0 Å². The van der Waals surface area contributed by atoms with E-state index in [1.807, 2.05) is 12.1 Å². The van der Waals surface area contributed by atoms with E-state index in [2.05, 4.69) is 26.1 Å². The molecule has 0 aliphatic heterocycles. The van der Waals surface area contributed by atoms with Crippen molar-refractivity contribution in [2.24, 2.45) is 0 Å². The minimum atomic E-state index is -0.159. The van der Waals surface area contributed by atoms with Gasteiger partial charge in [0.05, 0.1) is 0 Å². The van der Waals surface area contributed by atoms with Crippen molar-refractivity contribution in [3.05, 3.63) is 35.6 Å². The minimum Gasteiger partial charge on any atom is -0.314 e. The number of halogens is 1. The van der Waals surface area contributed by atoms with E-state index in [0.29, 0.717) is 12.0 Å². The molecule has 0 fully saturated rings. The lowest BCUT2D eigenvalue weighted by Gasteiger charge is -2.18. The van der Waals surface area contributed by atoms with Crippen LogP contribution in [-0.4, -0.2) is 12.6 Å². The normalized spacial score (nSPS) is 14.8. The van der Waals surface area contributed by atoms with Crippen LogP contribution < -0.4 is 5.32 Å². The smallest absolute Gasteiger partial charge is 0.123 e. The van der Waals surface area contributed by atoms with Gasteiger partial charge < -0.3 is 5.32 Å². The summed E-state index contributed by atoms with van der Waals surface area (Å²) < 4.78 is 12.8. The second kappa shape index (κ2) is 6.64. The first-order chi connectivity index (χ1) is 7.63. The summed E-state index contributed by atoms with van der Waals surface area (Å²) >= 11 is 0. The number of rotatable bonds is 6. The maximum Gasteiger partial charge on any atom is 0.123 e. The van der Waals surface area contributed by atoms with Crippen LogP contribution in [-0.2, 0) is 0 Å². The molecule has 0 heterocycles. The molecular weight excluding hydrogens is 201 g/mol. The molecule has 0 amide bonds. The van der Waals surface area contributed by atoms with Gasteiger partial charge in [-0.2, -0.15) is 0 Å². The fourth-order valence-corrected chi connectivity index (χ4v) is 1.93. The van der Waals surface area contributed by atoms with Gasteiger partial charge in [-0.1, -0.05) is 26.0 Å². The molecular formula is C14H22FN. The van der Waals surface area contributed by atoms with E-state index in [1.54, 1.807) is 0 Å². The van der Waals surface area contributed by atoms with Gasteiger partial charge in [-0.25, -0.2) is 4.39 Å². The monoisotopic (exact) mass is 223 g/mol. The molecule has 2 unspecified atom stereocenters. The van der Waals surface area contributed by atoms with Gasteiger partial charge >= 0.3 is 0 Å². The summed E-state index contributed by atoms with van der Waals surface area (Å²) in [5, 5.41) is 3.47. The van der Waals surface area contributed by atoms with Crippen molar-refractivity contribution in [2.75, 3.05) is 6.54 Å². The first-order valence-electron chi connectivity index (χ1n) is 6.12. The van der Waals surface area contributed by atoms with E-state index in [-0.39, 0.29) is 5.82 Å². The van der Waals surface area contributed by atoms with E-state index < -0.39 is 0 Å². The molecule has 0 saturated carbocycles. The Bertz CT molecular complexity index is 294. The molecule has 0 aliphatic carbocycles. The van der Waals surface area contributed by atoms with Crippen molar-refractivity contribution >= 4 is 0 Å². The fourth-order valence-electron chi connectivity index (χ4n) is 1.93. The largest absolute Gasteiger partial charge is 0.314 e. The summed E-state index contributed by atoms with van der Waals surface area (Å²) in [5.41, 5.74) is 1.21. The van der Waals surface area contributed by atoms with E-state index in [9.17, 15) is 4.39 Å². The van der Waals surface area contributed by atoms with Crippen LogP contribution >= 0.6 is 0 Å². The van der Waals surface area contributed by atoms with E-state index >= 15 is 0 Å². The molecule has 1 rings (SSSR count). The molecule has 0 bridgehead atoms. The second-order valence-corrected chi connectivity index (χ2v) is 4.54. The summed E-state index contributed by atoms with van der Waals surface area (Å²) in [6.45, 7) is 7.63. The maximum absolute atomic E-state index is 12.8. The van der Waals surface area contributed by atoms with Crippen LogP contribution in [0.25, 0.3) is 0 Å². The Hall–Kier alpha value is -0.890. The lowest BCUT2D eigenvalue weighted by molar-refractivity contribution is 0.479. The molecule has 0 aromatic heterocycles. The number of hydrogen-bond acceptors (Lipinski definition) is 1. The highest BCUT2D eigenvalue weighted by atomic mass is 19.1. The van der Waals surface area contributed by atoms with Crippen molar-refractivity contribution in [3.63, 3.8) is 0 Å². The average Bonchev–Trinajstić information content (AvgIpc) is 2.27. The number of nitrogens with one attached hydrogen (secondary N) is 1. The van der Waals surface area contributed by atoms with Crippen molar-refractivity contribution in [2.45, 2.75) is 45.6 Å². The summed E-state index contributed by atoms with van der Waals surface area (Å²) in [7, 11) is 0. The Morgan fingerprint density at radius 2 is 1.81 bits per heavy atom. The Balaban J connectivity index is 2.45. The molecule has 1 N–H and O–H groups in total. The molecule has 0 saturated heterocycles. The average molecular weight is 223 g/mol. The number of hydrogen-bond donors (Lipinski definition) is 1. The first kappa shape index (κ1) is 13.2. The fraction of sp³-hybridized carbons (Fsp3) is 0.571. The van der Waals surface area contributed by atoms with E-state index in [0.717, 1.165) is 19.4 Å². The lowest BCUT2D eigenvalue weighted by Crippen LogP contribution is -2.27.